The largest absolute Gasteiger partial charge is 0.370 e. The van der Waals surface area contributed by atoms with E-state index in [1.165, 1.54) is 0 Å². The third-order valence-electron chi connectivity index (χ3n) is 3.46. The molecule has 0 spiro atoms. The van der Waals surface area contributed by atoms with Crippen LogP contribution in [0.5, 0.6) is 0 Å². The van der Waals surface area contributed by atoms with Crippen LogP contribution < -0.4 is 5.32 Å². The fraction of sp³-hybridized carbons (Fsp3) is 1.00. The van der Waals surface area contributed by atoms with Crippen molar-refractivity contribution in [3.05, 3.63) is 0 Å². The van der Waals surface area contributed by atoms with Gasteiger partial charge in [-0.15, -0.1) is 0 Å². The van der Waals surface area contributed by atoms with Crippen molar-refractivity contribution in [3.8, 4) is 0 Å². The van der Waals surface area contributed by atoms with Crippen molar-refractivity contribution < 1.29 is 13.5 Å². The summed E-state index contributed by atoms with van der Waals surface area (Å²) < 4.78 is 29.9. The molecule has 1 aliphatic carbocycles. The molecular formula is C13H25F2NO. The number of alkyl halides is 2. The van der Waals surface area contributed by atoms with Gasteiger partial charge in [-0.2, -0.15) is 0 Å². The smallest absolute Gasteiger partial charge is 0.261 e. The van der Waals surface area contributed by atoms with Gasteiger partial charge in [-0.3, -0.25) is 0 Å². The van der Waals surface area contributed by atoms with Crippen LogP contribution in [0.25, 0.3) is 0 Å². The summed E-state index contributed by atoms with van der Waals surface area (Å²) in [7, 11) is 0. The SMILES string of the molecule is CCCNC1CC(C)CC(C)C1OCC(F)F. The Balaban J connectivity index is 2.52. The molecule has 0 amide bonds. The lowest BCUT2D eigenvalue weighted by molar-refractivity contribution is -0.0771. The molecule has 0 aliphatic heterocycles. The highest BCUT2D eigenvalue weighted by Crippen LogP contribution is 2.31. The lowest BCUT2D eigenvalue weighted by Crippen LogP contribution is -2.50. The van der Waals surface area contributed by atoms with Crippen molar-refractivity contribution in [2.24, 2.45) is 11.8 Å². The van der Waals surface area contributed by atoms with Crippen molar-refractivity contribution in [1.29, 1.82) is 0 Å². The molecule has 1 rings (SSSR count). The summed E-state index contributed by atoms with van der Waals surface area (Å²) in [5.74, 6) is 0.998. The molecule has 0 aromatic heterocycles. The molecule has 1 fully saturated rings. The van der Waals surface area contributed by atoms with E-state index in [0.717, 1.165) is 25.8 Å². The van der Waals surface area contributed by atoms with E-state index in [1.54, 1.807) is 0 Å². The average Bonchev–Trinajstić information content (AvgIpc) is 2.24. The van der Waals surface area contributed by atoms with Crippen LogP contribution >= 0.6 is 0 Å². The number of nitrogens with one attached hydrogen (secondary N) is 1. The van der Waals surface area contributed by atoms with Crippen LogP contribution in [0.4, 0.5) is 8.78 Å². The van der Waals surface area contributed by atoms with E-state index < -0.39 is 13.0 Å². The van der Waals surface area contributed by atoms with E-state index in [2.05, 4.69) is 26.1 Å². The Morgan fingerprint density at radius 1 is 1.29 bits per heavy atom. The first-order valence-corrected chi connectivity index (χ1v) is 6.67. The molecule has 1 aliphatic rings. The molecule has 4 unspecified atom stereocenters. The number of hydrogen-bond donors (Lipinski definition) is 1. The number of rotatable bonds is 6. The number of hydrogen-bond acceptors (Lipinski definition) is 2. The van der Waals surface area contributed by atoms with Gasteiger partial charge in [-0.1, -0.05) is 20.8 Å². The highest BCUT2D eigenvalue weighted by molar-refractivity contribution is 4.88. The van der Waals surface area contributed by atoms with Gasteiger partial charge in [0.25, 0.3) is 6.43 Å². The summed E-state index contributed by atoms with van der Waals surface area (Å²) in [6.45, 7) is 6.93. The van der Waals surface area contributed by atoms with Gasteiger partial charge in [-0.05, 0) is 37.6 Å². The van der Waals surface area contributed by atoms with Crippen LogP contribution in [0.3, 0.4) is 0 Å². The second-order valence-electron chi connectivity index (χ2n) is 5.30. The Kier molecular flexibility index (Phi) is 6.34. The quantitative estimate of drug-likeness (QED) is 0.781. The summed E-state index contributed by atoms with van der Waals surface area (Å²) in [6.07, 6.45) is 0.720. The number of halogens is 2. The maximum absolute atomic E-state index is 12.2. The van der Waals surface area contributed by atoms with Gasteiger partial charge in [0.2, 0.25) is 0 Å². The highest BCUT2D eigenvalue weighted by atomic mass is 19.3. The van der Waals surface area contributed by atoms with E-state index in [9.17, 15) is 8.78 Å². The zero-order chi connectivity index (χ0) is 12.8. The fourth-order valence-corrected chi connectivity index (χ4v) is 2.82. The second kappa shape index (κ2) is 7.27. The van der Waals surface area contributed by atoms with E-state index in [4.69, 9.17) is 4.74 Å². The van der Waals surface area contributed by atoms with Gasteiger partial charge >= 0.3 is 0 Å². The summed E-state index contributed by atoms with van der Waals surface area (Å²) in [5.41, 5.74) is 0. The molecule has 2 nitrogen and oxygen atoms in total. The van der Waals surface area contributed by atoms with Crippen molar-refractivity contribution in [3.63, 3.8) is 0 Å². The minimum Gasteiger partial charge on any atom is -0.370 e. The van der Waals surface area contributed by atoms with Crippen molar-refractivity contribution in [2.75, 3.05) is 13.2 Å². The lowest BCUT2D eigenvalue weighted by atomic mass is 9.78. The van der Waals surface area contributed by atoms with Crippen LogP contribution in [-0.4, -0.2) is 31.7 Å². The van der Waals surface area contributed by atoms with Crippen LogP contribution in [-0.2, 0) is 4.74 Å². The standard InChI is InChI=1S/C13H25F2NO/c1-4-5-16-11-7-9(2)6-10(3)13(11)17-8-12(14)15/h9-13,16H,4-8H2,1-3H3. The Morgan fingerprint density at radius 2 is 2.00 bits per heavy atom. The first-order valence-electron chi connectivity index (χ1n) is 6.67. The van der Waals surface area contributed by atoms with E-state index in [0.29, 0.717) is 11.8 Å². The predicted octanol–water partition coefficient (Wildman–Crippen LogP) is 3.07. The Labute approximate surface area is 103 Å². The van der Waals surface area contributed by atoms with E-state index in [-0.39, 0.29) is 12.1 Å². The van der Waals surface area contributed by atoms with Gasteiger partial charge in [-0.25, -0.2) is 8.78 Å². The minimum absolute atomic E-state index is 0.0632. The van der Waals surface area contributed by atoms with Crippen molar-refractivity contribution in [2.45, 2.75) is 58.6 Å². The van der Waals surface area contributed by atoms with E-state index >= 15 is 0 Å². The van der Waals surface area contributed by atoms with Gasteiger partial charge < -0.3 is 10.1 Å². The van der Waals surface area contributed by atoms with Gasteiger partial charge in [0.15, 0.2) is 0 Å². The first-order chi connectivity index (χ1) is 8.04. The van der Waals surface area contributed by atoms with Gasteiger partial charge in [0, 0.05) is 6.04 Å². The Bertz CT molecular complexity index is 214. The molecule has 0 radical (unpaired) electrons. The van der Waals surface area contributed by atoms with Gasteiger partial charge in [0.1, 0.15) is 6.61 Å². The molecule has 0 saturated heterocycles. The first kappa shape index (κ1) is 14.8. The van der Waals surface area contributed by atoms with Gasteiger partial charge in [0.05, 0.1) is 6.10 Å². The van der Waals surface area contributed by atoms with Crippen LogP contribution in [0.2, 0.25) is 0 Å². The monoisotopic (exact) mass is 249 g/mol. The van der Waals surface area contributed by atoms with E-state index in [1.807, 2.05) is 0 Å². The zero-order valence-electron chi connectivity index (χ0n) is 11.1. The fourth-order valence-electron chi connectivity index (χ4n) is 2.82. The molecule has 102 valence electrons. The second-order valence-corrected chi connectivity index (χ2v) is 5.30. The maximum Gasteiger partial charge on any atom is 0.261 e. The number of ether oxygens (including phenoxy) is 1. The molecule has 1 N–H and O–H groups in total. The van der Waals surface area contributed by atoms with Crippen LogP contribution in [0, 0.1) is 11.8 Å². The molecule has 1 saturated carbocycles. The molecule has 0 bridgehead atoms. The summed E-state index contributed by atoms with van der Waals surface area (Å²) in [6, 6.07) is 0.229. The molecule has 0 aromatic carbocycles. The van der Waals surface area contributed by atoms with Crippen LogP contribution in [0.1, 0.15) is 40.0 Å². The normalized spacial score (nSPS) is 34.2. The molecule has 4 atom stereocenters. The average molecular weight is 249 g/mol. The Morgan fingerprint density at radius 3 is 2.59 bits per heavy atom. The third kappa shape index (κ3) is 4.88. The van der Waals surface area contributed by atoms with Crippen LogP contribution in [0.15, 0.2) is 0 Å². The molecule has 0 heterocycles. The molecule has 4 heteroatoms. The topological polar surface area (TPSA) is 21.3 Å². The lowest BCUT2D eigenvalue weighted by Gasteiger charge is -2.39. The van der Waals surface area contributed by atoms with Crippen molar-refractivity contribution in [1.82, 2.24) is 5.32 Å². The third-order valence-corrected chi connectivity index (χ3v) is 3.46. The molecule has 0 aromatic rings. The predicted molar refractivity (Wildman–Crippen MR) is 65.4 cm³/mol. The Hall–Kier alpha value is -0.220. The summed E-state index contributed by atoms with van der Waals surface area (Å²) in [4.78, 5) is 0. The molecule has 17 heavy (non-hydrogen) atoms. The highest BCUT2D eigenvalue weighted by Gasteiger charge is 2.34. The summed E-state index contributed by atoms with van der Waals surface area (Å²) in [5, 5.41) is 3.44. The molecular weight excluding hydrogens is 224 g/mol. The zero-order valence-corrected chi connectivity index (χ0v) is 11.1. The van der Waals surface area contributed by atoms with Crippen molar-refractivity contribution >= 4 is 0 Å². The summed E-state index contributed by atoms with van der Waals surface area (Å²) >= 11 is 0. The maximum atomic E-state index is 12.2. The minimum atomic E-state index is -2.37.